The van der Waals surface area contributed by atoms with E-state index < -0.39 is 21.9 Å². The number of H-pyrrole nitrogens is 2. The predicted octanol–water partition coefficient (Wildman–Crippen LogP) is -0.752. The topological polar surface area (TPSA) is 113 Å². The third-order valence-electron chi connectivity index (χ3n) is 2.05. The van der Waals surface area contributed by atoms with Crippen LogP contribution in [0.15, 0.2) is 40.2 Å². The van der Waals surface area contributed by atoms with Crippen molar-refractivity contribution in [3.63, 3.8) is 0 Å². The van der Waals surface area contributed by atoms with Crippen LogP contribution >= 0.6 is 0 Å². The third kappa shape index (κ3) is 1.95. The van der Waals surface area contributed by atoms with Crippen molar-refractivity contribution in [1.29, 1.82) is 0 Å². The number of hydrogen-bond donors (Lipinski definition) is 2. The lowest BCUT2D eigenvalue weighted by Gasteiger charge is -1.96. The standard InChI is InChI=1S/C9H6N4O4/c14-8-6(13(16)17)7(10-9(15)11-8)12-4-2-1-3-5-12/h1-5H,(H-,10,11,14,15)/p+1. The Kier molecular flexibility index (Phi) is 2.53. The number of rotatable bonds is 2. The SMILES string of the molecule is O=c1[nH]c(-[n+]2ccccc2)c([N+](=O)[O-])c(=O)[nH]1. The molecule has 2 aromatic heterocycles. The van der Waals surface area contributed by atoms with Gasteiger partial charge in [0.15, 0.2) is 0 Å². The lowest BCUT2D eigenvalue weighted by atomic mass is 10.4. The summed E-state index contributed by atoms with van der Waals surface area (Å²) in [6.07, 6.45) is 2.97. The number of nitro groups is 1. The van der Waals surface area contributed by atoms with E-state index >= 15 is 0 Å². The second-order valence-corrected chi connectivity index (χ2v) is 3.15. The molecule has 0 saturated heterocycles. The van der Waals surface area contributed by atoms with Gasteiger partial charge >= 0.3 is 22.8 Å². The highest BCUT2D eigenvalue weighted by atomic mass is 16.6. The van der Waals surface area contributed by atoms with Crippen molar-refractivity contribution in [3.05, 3.63) is 61.5 Å². The fourth-order valence-corrected chi connectivity index (χ4v) is 1.37. The first-order valence-corrected chi connectivity index (χ1v) is 4.57. The number of nitrogens with zero attached hydrogens (tertiary/aromatic N) is 2. The van der Waals surface area contributed by atoms with Gasteiger partial charge in [-0.25, -0.2) is 14.3 Å². The summed E-state index contributed by atoms with van der Waals surface area (Å²) in [7, 11) is 0. The molecule has 0 radical (unpaired) electrons. The Balaban J connectivity index is 2.82. The minimum atomic E-state index is -1.04. The van der Waals surface area contributed by atoms with Gasteiger partial charge in [0.2, 0.25) is 0 Å². The van der Waals surface area contributed by atoms with Crippen LogP contribution in [-0.2, 0) is 0 Å². The van der Waals surface area contributed by atoms with Crippen LogP contribution in [0.5, 0.6) is 0 Å². The molecule has 2 rings (SSSR count). The van der Waals surface area contributed by atoms with E-state index in [0.29, 0.717) is 0 Å². The van der Waals surface area contributed by atoms with E-state index in [1.807, 2.05) is 4.98 Å². The summed E-state index contributed by atoms with van der Waals surface area (Å²) in [5.74, 6) is -0.177. The molecule has 0 saturated carbocycles. The van der Waals surface area contributed by atoms with Crippen molar-refractivity contribution in [2.45, 2.75) is 0 Å². The Morgan fingerprint density at radius 2 is 1.76 bits per heavy atom. The molecule has 2 heterocycles. The molecule has 0 atom stereocenters. The second kappa shape index (κ2) is 4.00. The van der Waals surface area contributed by atoms with Crippen molar-refractivity contribution >= 4 is 5.69 Å². The molecule has 0 spiro atoms. The first-order chi connectivity index (χ1) is 8.09. The first-order valence-electron chi connectivity index (χ1n) is 4.57. The van der Waals surface area contributed by atoms with Gasteiger partial charge in [-0.1, -0.05) is 6.07 Å². The highest BCUT2D eigenvalue weighted by molar-refractivity contribution is 5.37. The van der Waals surface area contributed by atoms with Crippen LogP contribution in [0.4, 0.5) is 5.69 Å². The van der Waals surface area contributed by atoms with E-state index in [-0.39, 0.29) is 5.82 Å². The smallest absolute Gasteiger partial charge is 0.261 e. The summed E-state index contributed by atoms with van der Waals surface area (Å²) in [4.78, 5) is 36.4. The summed E-state index contributed by atoms with van der Waals surface area (Å²) in [6, 6.07) is 4.93. The molecule has 0 fully saturated rings. The van der Waals surface area contributed by atoms with Gasteiger partial charge in [-0.15, -0.1) is 0 Å². The number of hydrogen-bond acceptors (Lipinski definition) is 4. The lowest BCUT2D eigenvalue weighted by molar-refractivity contribution is -0.605. The normalized spacial score (nSPS) is 10.1. The molecule has 0 aliphatic rings. The molecular weight excluding hydrogens is 228 g/mol. The van der Waals surface area contributed by atoms with Crippen molar-refractivity contribution in [3.8, 4) is 5.82 Å². The minimum Gasteiger partial charge on any atom is -0.261 e. The van der Waals surface area contributed by atoms with E-state index in [2.05, 4.69) is 4.98 Å². The van der Waals surface area contributed by atoms with Gasteiger partial charge in [-0.05, 0) is 12.1 Å². The second-order valence-electron chi connectivity index (χ2n) is 3.15. The molecule has 0 unspecified atom stereocenters. The van der Waals surface area contributed by atoms with E-state index in [9.17, 15) is 19.7 Å². The summed E-state index contributed by atoms with van der Waals surface area (Å²) in [6.45, 7) is 0. The quantitative estimate of drug-likeness (QED) is 0.405. The van der Waals surface area contributed by atoms with Gasteiger partial charge in [-0.2, -0.15) is 4.98 Å². The van der Waals surface area contributed by atoms with E-state index in [0.717, 1.165) is 0 Å². The predicted molar refractivity (Wildman–Crippen MR) is 55.9 cm³/mol. The molecule has 0 amide bonds. The van der Waals surface area contributed by atoms with Gasteiger partial charge in [-0.3, -0.25) is 14.9 Å². The molecule has 2 N–H and O–H groups in total. The van der Waals surface area contributed by atoms with Crippen LogP contribution in [0.3, 0.4) is 0 Å². The maximum absolute atomic E-state index is 11.3. The van der Waals surface area contributed by atoms with Crippen molar-refractivity contribution in [2.75, 3.05) is 0 Å². The zero-order valence-electron chi connectivity index (χ0n) is 8.41. The van der Waals surface area contributed by atoms with Crippen LogP contribution < -0.4 is 15.8 Å². The molecule has 0 aliphatic carbocycles. The fourth-order valence-electron chi connectivity index (χ4n) is 1.37. The Bertz CT molecular complexity index is 673. The lowest BCUT2D eigenvalue weighted by Crippen LogP contribution is -2.38. The monoisotopic (exact) mass is 235 g/mol. The van der Waals surface area contributed by atoms with Crippen LogP contribution in [-0.4, -0.2) is 14.9 Å². The average molecular weight is 235 g/mol. The van der Waals surface area contributed by atoms with E-state index in [1.54, 1.807) is 18.2 Å². The van der Waals surface area contributed by atoms with Gasteiger partial charge < -0.3 is 0 Å². The van der Waals surface area contributed by atoms with E-state index in [1.165, 1.54) is 17.0 Å². The van der Waals surface area contributed by atoms with Crippen LogP contribution in [0.2, 0.25) is 0 Å². The molecule has 2 aromatic rings. The average Bonchev–Trinajstić information content (AvgIpc) is 2.28. The minimum absolute atomic E-state index is 0.177. The van der Waals surface area contributed by atoms with Crippen molar-refractivity contribution in [2.24, 2.45) is 0 Å². The Labute approximate surface area is 93.3 Å². The molecule has 8 nitrogen and oxygen atoms in total. The maximum atomic E-state index is 11.3. The zero-order valence-corrected chi connectivity index (χ0v) is 8.41. The van der Waals surface area contributed by atoms with Crippen molar-refractivity contribution in [1.82, 2.24) is 9.97 Å². The van der Waals surface area contributed by atoms with Crippen LogP contribution in [0.25, 0.3) is 5.82 Å². The molecule has 0 aliphatic heterocycles. The third-order valence-corrected chi connectivity index (χ3v) is 2.05. The Morgan fingerprint density at radius 1 is 1.12 bits per heavy atom. The van der Waals surface area contributed by atoms with E-state index in [4.69, 9.17) is 0 Å². The van der Waals surface area contributed by atoms with Gasteiger partial charge in [0.25, 0.3) is 0 Å². The molecule has 0 aromatic carbocycles. The number of nitrogens with one attached hydrogen (secondary N) is 2. The summed E-state index contributed by atoms with van der Waals surface area (Å²) in [5, 5.41) is 10.8. The number of aromatic amines is 2. The first kappa shape index (κ1) is 10.7. The number of aromatic nitrogens is 3. The summed E-state index contributed by atoms with van der Waals surface area (Å²) < 4.78 is 1.29. The molecular formula is C9H7N4O4+. The number of pyridine rings is 1. The molecule has 8 heteroatoms. The van der Waals surface area contributed by atoms with Crippen LogP contribution in [0, 0.1) is 10.1 Å². The van der Waals surface area contributed by atoms with Crippen molar-refractivity contribution < 1.29 is 9.49 Å². The Morgan fingerprint density at radius 3 is 2.35 bits per heavy atom. The molecule has 86 valence electrons. The molecule has 0 bridgehead atoms. The van der Waals surface area contributed by atoms with Gasteiger partial charge in [0, 0.05) is 0 Å². The van der Waals surface area contributed by atoms with Gasteiger partial charge in [0.05, 0.1) is 17.3 Å². The maximum Gasteiger partial charge on any atom is 0.422 e. The zero-order chi connectivity index (χ0) is 12.4. The summed E-state index contributed by atoms with van der Waals surface area (Å²) >= 11 is 0. The molecule has 17 heavy (non-hydrogen) atoms. The largest absolute Gasteiger partial charge is 0.422 e. The van der Waals surface area contributed by atoms with Crippen LogP contribution in [0.1, 0.15) is 0 Å². The van der Waals surface area contributed by atoms with Gasteiger partial charge in [0.1, 0.15) is 0 Å². The highest BCUT2D eigenvalue weighted by Gasteiger charge is 2.28. The summed E-state index contributed by atoms with van der Waals surface area (Å²) in [5.41, 5.74) is -2.54. The Hall–Kier alpha value is -2.77. The highest BCUT2D eigenvalue weighted by Crippen LogP contribution is 2.06. The fraction of sp³-hybridized carbons (Fsp3) is 0.